The van der Waals surface area contributed by atoms with E-state index in [-0.39, 0.29) is 0 Å². The lowest BCUT2D eigenvalue weighted by molar-refractivity contribution is 0.325. The van der Waals surface area contributed by atoms with E-state index in [1.54, 1.807) is 14.2 Å². The number of methoxy groups -OCH3 is 2. The summed E-state index contributed by atoms with van der Waals surface area (Å²) in [6.07, 6.45) is 1.73. The predicted octanol–water partition coefficient (Wildman–Crippen LogP) is 3.43. The summed E-state index contributed by atoms with van der Waals surface area (Å²) < 4.78 is 17.2. The lowest BCUT2D eigenvalue weighted by Gasteiger charge is -2.15. The zero-order valence-electron chi connectivity index (χ0n) is 11.2. The molecule has 0 N–H and O–H groups in total. The van der Waals surface area contributed by atoms with Gasteiger partial charge in [0.15, 0.2) is 0 Å². The molecule has 0 radical (unpaired) electrons. The third-order valence-corrected chi connectivity index (χ3v) is 4.04. The molecule has 1 heterocycles. The van der Waals surface area contributed by atoms with Gasteiger partial charge >= 0.3 is 0 Å². The summed E-state index contributed by atoms with van der Waals surface area (Å²) in [4.78, 5) is 0. The number of epoxide rings is 1. The van der Waals surface area contributed by atoms with Gasteiger partial charge in [0.2, 0.25) is 0 Å². The average molecular weight is 315 g/mol. The van der Waals surface area contributed by atoms with Gasteiger partial charge in [-0.1, -0.05) is 6.92 Å². The molecule has 1 aromatic rings. The van der Waals surface area contributed by atoms with Crippen LogP contribution >= 0.6 is 15.9 Å². The summed E-state index contributed by atoms with van der Waals surface area (Å²) in [6, 6.07) is 3.99. The van der Waals surface area contributed by atoms with Crippen LogP contribution in [-0.2, 0) is 11.2 Å². The Balaban J connectivity index is 2.18. The van der Waals surface area contributed by atoms with Crippen molar-refractivity contribution < 1.29 is 14.2 Å². The Morgan fingerprint density at radius 3 is 2.39 bits per heavy atom. The molecule has 100 valence electrons. The minimum Gasteiger partial charge on any atom is -0.496 e. The molecule has 0 aliphatic carbocycles. The molecule has 1 aromatic carbocycles. The number of rotatable bonds is 5. The maximum Gasteiger partial charge on any atom is 0.136 e. The van der Waals surface area contributed by atoms with Gasteiger partial charge in [0.1, 0.15) is 11.5 Å². The summed E-state index contributed by atoms with van der Waals surface area (Å²) in [7, 11) is 3.34. The number of benzene rings is 1. The van der Waals surface area contributed by atoms with Crippen LogP contribution in [0.1, 0.15) is 19.4 Å². The molecule has 3 unspecified atom stereocenters. The minimum absolute atomic E-state index is 0.385. The van der Waals surface area contributed by atoms with E-state index in [9.17, 15) is 0 Å². The van der Waals surface area contributed by atoms with Crippen molar-refractivity contribution in [2.75, 3.05) is 14.2 Å². The summed E-state index contributed by atoms with van der Waals surface area (Å²) in [6.45, 7) is 4.33. The van der Waals surface area contributed by atoms with Crippen LogP contribution in [-0.4, -0.2) is 26.4 Å². The number of ether oxygens (including phenoxy) is 3. The molecule has 0 bridgehead atoms. The number of hydrogen-bond acceptors (Lipinski definition) is 3. The van der Waals surface area contributed by atoms with Crippen LogP contribution in [0.25, 0.3) is 0 Å². The smallest absolute Gasteiger partial charge is 0.136 e. The largest absolute Gasteiger partial charge is 0.496 e. The molecule has 1 aliphatic rings. The topological polar surface area (TPSA) is 31.0 Å². The Kier molecular flexibility index (Phi) is 4.17. The Morgan fingerprint density at radius 1 is 1.28 bits per heavy atom. The van der Waals surface area contributed by atoms with Gasteiger partial charge in [-0.3, -0.25) is 0 Å². The van der Waals surface area contributed by atoms with Crippen LogP contribution in [0, 0.1) is 5.92 Å². The van der Waals surface area contributed by atoms with Crippen LogP contribution in [0.2, 0.25) is 0 Å². The van der Waals surface area contributed by atoms with E-state index in [1.807, 2.05) is 6.07 Å². The number of halogens is 1. The van der Waals surface area contributed by atoms with Gasteiger partial charge in [-0.2, -0.15) is 0 Å². The maximum absolute atomic E-state index is 5.52. The zero-order chi connectivity index (χ0) is 13.3. The van der Waals surface area contributed by atoms with E-state index in [0.717, 1.165) is 22.4 Å². The molecule has 4 heteroatoms. The molecular weight excluding hydrogens is 296 g/mol. The summed E-state index contributed by atoms with van der Waals surface area (Å²) in [5.74, 6) is 2.16. The SMILES string of the molecule is COc1cc(OC)c(CC(C)C2OC2C)cc1Br. The van der Waals surface area contributed by atoms with E-state index in [1.165, 1.54) is 5.56 Å². The number of hydrogen-bond donors (Lipinski definition) is 0. The van der Waals surface area contributed by atoms with Crippen molar-refractivity contribution in [3.8, 4) is 11.5 Å². The maximum atomic E-state index is 5.52. The molecule has 3 nitrogen and oxygen atoms in total. The summed E-state index contributed by atoms with van der Waals surface area (Å²) in [5, 5.41) is 0. The summed E-state index contributed by atoms with van der Waals surface area (Å²) in [5.41, 5.74) is 1.18. The molecule has 0 aromatic heterocycles. The van der Waals surface area contributed by atoms with E-state index in [0.29, 0.717) is 18.1 Å². The Hall–Kier alpha value is -0.740. The second-order valence-corrected chi connectivity index (χ2v) is 5.64. The van der Waals surface area contributed by atoms with Gasteiger partial charge in [0.25, 0.3) is 0 Å². The fourth-order valence-electron chi connectivity index (χ4n) is 2.34. The Bertz CT molecular complexity index is 433. The van der Waals surface area contributed by atoms with Crippen molar-refractivity contribution in [3.63, 3.8) is 0 Å². The molecule has 0 saturated carbocycles. The molecular formula is C14H19BrO3. The Labute approximate surface area is 117 Å². The highest BCUT2D eigenvalue weighted by molar-refractivity contribution is 9.10. The first kappa shape index (κ1) is 13.7. The molecule has 0 amide bonds. The highest BCUT2D eigenvalue weighted by atomic mass is 79.9. The first-order valence-corrected chi connectivity index (χ1v) is 6.92. The van der Waals surface area contributed by atoms with Gasteiger partial charge in [-0.25, -0.2) is 0 Å². The van der Waals surface area contributed by atoms with E-state index < -0.39 is 0 Å². The second-order valence-electron chi connectivity index (χ2n) is 4.79. The van der Waals surface area contributed by atoms with E-state index >= 15 is 0 Å². The fraction of sp³-hybridized carbons (Fsp3) is 0.571. The lowest BCUT2D eigenvalue weighted by atomic mass is 9.96. The van der Waals surface area contributed by atoms with E-state index in [2.05, 4.69) is 35.8 Å². The monoisotopic (exact) mass is 314 g/mol. The predicted molar refractivity (Wildman–Crippen MR) is 74.4 cm³/mol. The van der Waals surface area contributed by atoms with Crippen LogP contribution < -0.4 is 9.47 Å². The average Bonchev–Trinajstić information content (AvgIpc) is 3.07. The minimum atomic E-state index is 0.385. The van der Waals surface area contributed by atoms with E-state index in [4.69, 9.17) is 14.2 Å². The van der Waals surface area contributed by atoms with Crippen molar-refractivity contribution in [2.45, 2.75) is 32.5 Å². The van der Waals surface area contributed by atoms with Crippen LogP contribution in [0.3, 0.4) is 0 Å². The molecule has 18 heavy (non-hydrogen) atoms. The van der Waals surface area contributed by atoms with Gasteiger partial charge in [0, 0.05) is 6.07 Å². The zero-order valence-corrected chi connectivity index (χ0v) is 12.8. The van der Waals surface area contributed by atoms with Crippen molar-refractivity contribution in [2.24, 2.45) is 5.92 Å². The van der Waals surface area contributed by atoms with Crippen molar-refractivity contribution in [1.29, 1.82) is 0 Å². The molecule has 0 spiro atoms. The van der Waals surface area contributed by atoms with Crippen molar-refractivity contribution >= 4 is 15.9 Å². The normalized spacial score (nSPS) is 23.6. The molecule has 2 rings (SSSR count). The van der Waals surface area contributed by atoms with Crippen molar-refractivity contribution in [1.82, 2.24) is 0 Å². The van der Waals surface area contributed by atoms with Crippen LogP contribution in [0.15, 0.2) is 16.6 Å². The quantitative estimate of drug-likeness (QED) is 0.780. The van der Waals surface area contributed by atoms with Crippen LogP contribution in [0.5, 0.6) is 11.5 Å². The third kappa shape index (κ3) is 2.81. The molecule has 1 saturated heterocycles. The molecule has 1 aliphatic heterocycles. The molecule has 1 fully saturated rings. The van der Waals surface area contributed by atoms with Gasteiger partial charge in [-0.05, 0) is 46.8 Å². The lowest BCUT2D eigenvalue weighted by Crippen LogP contribution is -2.10. The standard InChI is InChI=1S/C14H19BrO3/c1-8(14-9(2)18-14)5-10-6-11(15)13(17-4)7-12(10)16-3/h6-9,14H,5H2,1-4H3. The van der Waals surface area contributed by atoms with Gasteiger partial charge < -0.3 is 14.2 Å². The first-order chi connectivity index (χ1) is 8.56. The van der Waals surface area contributed by atoms with Gasteiger partial charge in [-0.15, -0.1) is 0 Å². The fourth-order valence-corrected chi connectivity index (χ4v) is 2.90. The third-order valence-electron chi connectivity index (χ3n) is 3.42. The first-order valence-electron chi connectivity index (χ1n) is 6.12. The van der Waals surface area contributed by atoms with Crippen molar-refractivity contribution in [3.05, 3.63) is 22.2 Å². The highest BCUT2D eigenvalue weighted by Crippen LogP contribution is 2.37. The Morgan fingerprint density at radius 2 is 1.89 bits per heavy atom. The summed E-state index contributed by atoms with van der Waals surface area (Å²) >= 11 is 3.51. The highest BCUT2D eigenvalue weighted by Gasteiger charge is 2.39. The van der Waals surface area contributed by atoms with Crippen LogP contribution in [0.4, 0.5) is 0 Å². The molecule has 3 atom stereocenters. The second kappa shape index (κ2) is 5.49. The van der Waals surface area contributed by atoms with Gasteiger partial charge in [0.05, 0.1) is 30.9 Å².